The first-order valence-electron chi connectivity index (χ1n) is 7.29. The van der Waals surface area contributed by atoms with Crippen molar-refractivity contribution in [3.8, 4) is 0 Å². The van der Waals surface area contributed by atoms with Gasteiger partial charge in [-0.3, -0.25) is 4.79 Å². The molecule has 4 nitrogen and oxygen atoms in total. The number of aliphatic carboxylic acids is 1. The minimum absolute atomic E-state index is 0.118. The summed E-state index contributed by atoms with van der Waals surface area (Å²) in [6.07, 6.45) is 4.97. The number of carbonyl (C=O) groups excluding carboxylic acids is 1. The maximum absolute atomic E-state index is 12.4. The van der Waals surface area contributed by atoms with Gasteiger partial charge in [0.15, 0.2) is 0 Å². The molecule has 0 aromatic rings. The first-order valence-corrected chi connectivity index (χ1v) is 7.29. The van der Waals surface area contributed by atoms with Crippen molar-refractivity contribution in [2.75, 3.05) is 0 Å². The number of carbonyl (C=O) groups is 2. The van der Waals surface area contributed by atoms with Gasteiger partial charge in [0.2, 0.25) is 5.91 Å². The van der Waals surface area contributed by atoms with E-state index >= 15 is 0 Å². The summed E-state index contributed by atoms with van der Waals surface area (Å²) in [4.78, 5) is 23.6. The number of amides is 1. The fourth-order valence-corrected chi connectivity index (χ4v) is 2.87. The quantitative estimate of drug-likeness (QED) is 0.779. The molecule has 4 heteroatoms. The van der Waals surface area contributed by atoms with Crippen LogP contribution in [0, 0.1) is 17.3 Å². The fourth-order valence-electron chi connectivity index (χ4n) is 2.87. The van der Waals surface area contributed by atoms with Gasteiger partial charge in [-0.15, -0.1) is 0 Å². The number of rotatable bonds is 6. The summed E-state index contributed by atoms with van der Waals surface area (Å²) in [5.41, 5.74) is -0.471. The van der Waals surface area contributed by atoms with Gasteiger partial charge in [-0.1, -0.05) is 40.5 Å². The largest absolute Gasteiger partial charge is 0.480 e. The molecule has 0 bridgehead atoms. The molecule has 0 radical (unpaired) electrons. The average Bonchev–Trinajstić information content (AvgIpc) is 2.80. The highest BCUT2D eigenvalue weighted by Crippen LogP contribution is 2.39. The van der Waals surface area contributed by atoms with Crippen LogP contribution >= 0.6 is 0 Å². The molecule has 0 saturated heterocycles. The summed E-state index contributed by atoms with van der Waals surface area (Å²) in [6.45, 7) is 7.80. The molecular weight excluding hydrogens is 242 g/mol. The number of carboxylic acid groups (broad SMARTS) is 1. The molecule has 0 aromatic carbocycles. The lowest BCUT2D eigenvalue weighted by molar-refractivity contribution is -0.144. The van der Waals surface area contributed by atoms with Gasteiger partial charge >= 0.3 is 5.97 Å². The van der Waals surface area contributed by atoms with Crippen molar-refractivity contribution in [2.45, 2.75) is 65.8 Å². The van der Waals surface area contributed by atoms with E-state index in [1.54, 1.807) is 0 Å². The SMILES string of the molecule is CC(C)C[C@@H](NC(=O)C(C)(C)C1CCCC1)C(=O)O. The molecule has 0 aliphatic heterocycles. The monoisotopic (exact) mass is 269 g/mol. The zero-order chi connectivity index (χ0) is 14.6. The normalized spacial score (nSPS) is 18.6. The highest BCUT2D eigenvalue weighted by atomic mass is 16.4. The maximum atomic E-state index is 12.4. The predicted molar refractivity (Wildman–Crippen MR) is 74.8 cm³/mol. The highest BCUT2D eigenvalue weighted by Gasteiger charge is 2.39. The van der Waals surface area contributed by atoms with Gasteiger partial charge in [0.1, 0.15) is 6.04 Å². The molecule has 1 rings (SSSR count). The van der Waals surface area contributed by atoms with Crippen LogP contribution in [0.5, 0.6) is 0 Å². The van der Waals surface area contributed by atoms with Crippen molar-refractivity contribution in [3.63, 3.8) is 0 Å². The maximum Gasteiger partial charge on any atom is 0.326 e. The van der Waals surface area contributed by atoms with E-state index in [9.17, 15) is 14.7 Å². The zero-order valence-corrected chi connectivity index (χ0v) is 12.5. The van der Waals surface area contributed by atoms with E-state index < -0.39 is 17.4 Å². The Kier molecular flexibility index (Phi) is 5.39. The summed E-state index contributed by atoms with van der Waals surface area (Å²) < 4.78 is 0. The molecule has 0 heterocycles. The first kappa shape index (κ1) is 16.0. The van der Waals surface area contributed by atoms with Crippen LogP contribution < -0.4 is 5.32 Å². The summed E-state index contributed by atoms with van der Waals surface area (Å²) in [5, 5.41) is 11.9. The van der Waals surface area contributed by atoms with Crippen molar-refractivity contribution in [3.05, 3.63) is 0 Å². The van der Waals surface area contributed by atoms with Crippen LogP contribution in [0.1, 0.15) is 59.8 Å². The molecule has 110 valence electrons. The summed E-state index contributed by atoms with van der Waals surface area (Å²) in [6, 6.07) is -0.770. The highest BCUT2D eigenvalue weighted by molar-refractivity contribution is 5.87. The molecule has 1 aliphatic rings. The smallest absolute Gasteiger partial charge is 0.326 e. The average molecular weight is 269 g/mol. The van der Waals surface area contributed by atoms with E-state index in [2.05, 4.69) is 5.32 Å². The van der Waals surface area contributed by atoms with E-state index in [1.165, 1.54) is 12.8 Å². The Morgan fingerprint density at radius 2 is 1.79 bits per heavy atom. The third-order valence-corrected chi connectivity index (χ3v) is 4.27. The summed E-state index contributed by atoms with van der Waals surface area (Å²) >= 11 is 0. The third kappa shape index (κ3) is 4.22. The lowest BCUT2D eigenvalue weighted by Crippen LogP contribution is -2.49. The molecule has 1 aliphatic carbocycles. The number of carboxylic acids is 1. The van der Waals surface area contributed by atoms with Gasteiger partial charge in [0, 0.05) is 5.41 Å². The van der Waals surface area contributed by atoms with E-state index in [0.29, 0.717) is 12.3 Å². The zero-order valence-electron chi connectivity index (χ0n) is 12.5. The van der Waals surface area contributed by atoms with Crippen LogP contribution in [-0.4, -0.2) is 23.0 Å². The van der Waals surface area contributed by atoms with Crippen LogP contribution in [0.2, 0.25) is 0 Å². The minimum atomic E-state index is -0.940. The lowest BCUT2D eigenvalue weighted by atomic mass is 9.76. The summed E-state index contributed by atoms with van der Waals surface area (Å²) in [5.74, 6) is -0.436. The van der Waals surface area contributed by atoms with Crippen molar-refractivity contribution in [1.29, 1.82) is 0 Å². The van der Waals surface area contributed by atoms with Crippen LogP contribution in [0.25, 0.3) is 0 Å². The van der Waals surface area contributed by atoms with Gasteiger partial charge in [-0.05, 0) is 31.1 Å². The van der Waals surface area contributed by atoms with Crippen LogP contribution in [0.4, 0.5) is 0 Å². The number of hydrogen-bond donors (Lipinski definition) is 2. The Bertz CT molecular complexity index is 330. The van der Waals surface area contributed by atoms with Gasteiger partial charge in [-0.2, -0.15) is 0 Å². The molecule has 2 N–H and O–H groups in total. The van der Waals surface area contributed by atoms with E-state index in [1.807, 2.05) is 27.7 Å². The van der Waals surface area contributed by atoms with Crippen molar-refractivity contribution in [1.82, 2.24) is 5.32 Å². The topological polar surface area (TPSA) is 66.4 Å². The Morgan fingerprint density at radius 3 is 2.21 bits per heavy atom. The molecule has 0 aromatic heterocycles. The van der Waals surface area contributed by atoms with Crippen molar-refractivity contribution in [2.24, 2.45) is 17.3 Å². The van der Waals surface area contributed by atoms with Gasteiger partial charge in [-0.25, -0.2) is 4.79 Å². The standard InChI is InChI=1S/C15H27NO3/c1-10(2)9-12(13(17)18)16-14(19)15(3,4)11-7-5-6-8-11/h10-12H,5-9H2,1-4H3,(H,16,19)(H,17,18)/t12-/m1/s1. The Labute approximate surface area is 116 Å². The predicted octanol–water partition coefficient (Wildman–Crippen LogP) is 2.82. The molecule has 0 spiro atoms. The third-order valence-electron chi connectivity index (χ3n) is 4.27. The number of hydrogen-bond acceptors (Lipinski definition) is 2. The van der Waals surface area contributed by atoms with Gasteiger partial charge in [0.05, 0.1) is 0 Å². The Hall–Kier alpha value is -1.06. The second kappa shape index (κ2) is 6.40. The van der Waals surface area contributed by atoms with E-state index in [0.717, 1.165) is 12.8 Å². The van der Waals surface area contributed by atoms with Crippen LogP contribution in [0.15, 0.2) is 0 Å². The van der Waals surface area contributed by atoms with Crippen LogP contribution in [-0.2, 0) is 9.59 Å². The minimum Gasteiger partial charge on any atom is -0.480 e. The second-order valence-corrected chi connectivity index (χ2v) is 6.70. The summed E-state index contributed by atoms with van der Waals surface area (Å²) in [7, 11) is 0. The van der Waals surface area contributed by atoms with Crippen molar-refractivity contribution >= 4 is 11.9 Å². The van der Waals surface area contributed by atoms with Crippen LogP contribution in [0.3, 0.4) is 0 Å². The molecule has 19 heavy (non-hydrogen) atoms. The second-order valence-electron chi connectivity index (χ2n) is 6.70. The van der Waals surface area contributed by atoms with Gasteiger partial charge < -0.3 is 10.4 Å². The molecule has 1 amide bonds. The molecule has 1 atom stereocenters. The molecule has 0 unspecified atom stereocenters. The fraction of sp³-hybridized carbons (Fsp3) is 0.867. The Balaban J connectivity index is 2.67. The van der Waals surface area contributed by atoms with E-state index in [-0.39, 0.29) is 11.8 Å². The van der Waals surface area contributed by atoms with Gasteiger partial charge in [0.25, 0.3) is 0 Å². The first-order chi connectivity index (χ1) is 8.75. The molecule has 1 fully saturated rings. The molecule has 1 saturated carbocycles. The number of nitrogens with one attached hydrogen (secondary N) is 1. The lowest BCUT2D eigenvalue weighted by Gasteiger charge is -2.31. The van der Waals surface area contributed by atoms with Crippen molar-refractivity contribution < 1.29 is 14.7 Å². The van der Waals surface area contributed by atoms with E-state index in [4.69, 9.17) is 0 Å². The molecular formula is C15H27NO3. The Morgan fingerprint density at radius 1 is 1.26 bits per heavy atom.